The van der Waals surface area contributed by atoms with Crippen LogP contribution in [0.15, 0.2) is 24.3 Å². The number of nitrogen functional groups attached to an aromatic ring is 1. The fourth-order valence-corrected chi connectivity index (χ4v) is 2.04. The normalized spacial score (nSPS) is 34.1. The first-order valence-corrected chi connectivity index (χ1v) is 6.30. The molecule has 0 radical (unpaired) electrons. The highest BCUT2D eigenvalue weighted by Crippen LogP contribution is 2.23. The maximum atomic E-state index is 9.80. The minimum absolute atomic E-state index is 0.0787. The van der Waals surface area contributed by atoms with Crippen LogP contribution in [-0.4, -0.2) is 57.7 Å². The first-order valence-electron chi connectivity index (χ1n) is 6.30. The molecule has 1 fully saturated rings. The number of aliphatic hydroxyl groups is 4. The van der Waals surface area contributed by atoms with Crippen LogP contribution in [-0.2, 0) is 16.1 Å². The van der Waals surface area contributed by atoms with Gasteiger partial charge in [-0.25, -0.2) is 0 Å². The lowest BCUT2D eigenvalue weighted by Crippen LogP contribution is -2.59. The molecular formula is C13H19NO6. The Morgan fingerprint density at radius 2 is 1.80 bits per heavy atom. The van der Waals surface area contributed by atoms with E-state index in [9.17, 15) is 15.3 Å². The number of aliphatic hydroxyl groups excluding tert-OH is 4. The van der Waals surface area contributed by atoms with Gasteiger partial charge < -0.3 is 35.6 Å². The molecule has 1 saturated heterocycles. The number of ether oxygens (including phenoxy) is 2. The zero-order chi connectivity index (χ0) is 14.7. The summed E-state index contributed by atoms with van der Waals surface area (Å²) >= 11 is 0. The average Bonchev–Trinajstić information content (AvgIpc) is 2.46. The van der Waals surface area contributed by atoms with Gasteiger partial charge in [-0.1, -0.05) is 18.2 Å². The summed E-state index contributed by atoms with van der Waals surface area (Å²) in [4.78, 5) is 0. The lowest BCUT2D eigenvalue weighted by molar-refractivity contribution is -0.304. The Hall–Kier alpha value is -1.22. The number of hydrogen-bond acceptors (Lipinski definition) is 7. The van der Waals surface area contributed by atoms with E-state index in [-0.39, 0.29) is 6.61 Å². The lowest BCUT2D eigenvalue weighted by atomic mass is 9.99. The lowest BCUT2D eigenvalue weighted by Gasteiger charge is -2.39. The van der Waals surface area contributed by atoms with Gasteiger partial charge in [0.2, 0.25) is 0 Å². The topological polar surface area (TPSA) is 125 Å². The molecular weight excluding hydrogens is 266 g/mol. The van der Waals surface area contributed by atoms with E-state index in [1.165, 1.54) is 0 Å². The van der Waals surface area contributed by atoms with Gasteiger partial charge in [-0.3, -0.25) is 0 Å². The first kappa shape index (κ1) is 15.2. The Balaban J connectivity index is 2.00. The first-order chi connectivity index (χ1) is 9.54. The predicted molar refractivity (Wildman–Crippen MR) is 69.4 cm³/mol. The van der Waals surface area contributed by atoms with E-state index >= 15 is 0 Å². The molecule has 7 nitrogen and oxygen atoms in total. The molecule has 5 atom stereocenters. The molecule has 0 aromatic heterocycles. The highest BCUT2D eigenvalue weighted by atomic mass is 16.7. The average molecular weight is 285 g/mol. The Bertz CT molecular complexity index is 441. The summed E-state index contributed by atoms with van der Waals surface area (Å²) in [5.41, 5.74) is 7.01. The molecule has 0 amide bonds. The summed E-state index contributed by atoms with van der Waals surface area (Å²) in [6.07, 6.45) is -6.37. The zero-order valence-corrected chi connectivity index (χ0v) is 10.8. The van der Waals surface area contributed by atoms with E-state index < -0.39 is 37.3 Å². The largest absolute Gasteiger partial charge is 0.398 e. The van der Waals surface area contributed by atoms with Gasteiger partial charge in [0.15, 0.2) is 6.29 Å². The Morgan fingerprint density at radius 1 is 1.10 bits per heavy atom. The molecule has 0 aliphatic carbocycles. The molecule has 112 valence electrons. The molecule has 1 heterocycles. The number of anilines is 1. The summed E-state index contributed by atoms with van der Waals surface area (Å²) in [5, 5.41) is 38.1. The molecule has 0 unspecified atom stereocenters. The zero-order valence-electron chi connectivity index (χ0n) is 10.8. The molecule has 20 heavy (non-hydrogen) atoms. The molecule has 1 aliphatic rings. The fraction of sp³-hybridized carbons (Fsp3) is 0.538. The van der Waals surface area contributed by atoms with E-state index in [1.807, 2.05) is 0 Å². The third-order valence-electron chi connectivity index (χ3n) is 3.31. The molecule has 0 bridgehead atoms. The van der Waals surface area contributed by atoms with Crippen molar-refractivity contribution >= 4 is 5.69 Å². The van der Waals surface area contributed by atoms with E-state index in [4.69, 9.17) is 20.3 Å². The summed E-state index contributed by atoms with van der Waals surface area (Å²) in [7, 11) is 0. The molecule has 1 aliphatic heterocycles. The maximum absolute atomic E-state index is 9.80. The summed E-state index contributed by atoms with van der Waals surface area (Å²) in [6.45, 7) is -0.409. The van der Waals surface area contributed by atoms with Crippen molar-refractivity contribution in [1.29, 1.82) is 0 Å². The second-order valence-corrected chi connectivity index (χ2v) is 4.71. The van der Waals surface area contributed by atoms with Crippen molar-refractivity contribution in [1.82, 2.24) is 0 Å². The summed E-state index contributed by atoms with van der Waals surface area (Å²) < 4.78 is 10.6. The van der Waals surface area contributed by atoms with E-state index in [2.05, 4.69) is 0 Å². The molecule has 7 heteroatoms. The Labute approximate surface area is 116 Å². The van der Waals surface area contributed by atoms with Crippen LogP contribution in [0.3, 0.4) is 0 Å². The van der Waals surface area contributed by atoms with Crippen molar-refractivity contribution in [3.8, 4) is 0 Å². The van der Waals surface area contributed by atoms with Crippen molar-refractivity contribution in [3.05, 3.63) is 29.8 Å². The summed E-state index contributed by atoms with van der Waals surface area (Å²) in [6, 6.07) is 7.06. The minimum atomic E-state index is -1.45. The van der Waals surface area contributed by atoms with Gasteiger partial charge in [-0.15, -0.1) is 0 Å². The van der Waals surface area contributed by atoms with E-state index in [0.717, 1.165) is 0 Å². The number of hydrogen-bond donors (Lipinski definition) is 5. The van der Waals surface area contributed by atoms with Gasteiger partial charge in [0.05, 0.1) is 13.2 Å². The molecule has 1 aromatic carbocycles. The number of para-hydroxylation sites is 1. The molecule has 0 spiro atoms. The number of nitrogens with two attached hydrogens (primary N) is 1. The van der Waals surface area contributed by atoms with Gasteiger partial charge in [-0.2, -0.15) is 0 Å². The van der Waals surface area contributed by atoms with Crippen LogP contribution >= 0.6 is 0 Å². The highest BCUT2D eigenvalue weighted by Gasteiger charge is 2.43. The van der Waals surface area contributed by atoms with Crippen LogP contribution in [0, 0.1) is 0 Å². The van der Waals surface area contributed by atoms with Crippen LogP contribution < -0.4 is 5.73 Å². The molecule has 1 aromatic rings. The number of rotatable bonds is 4. The Kier molecular flexibility index (Phi) is 4.92. The van der Waals surface area contributed by atoms with E-state index in [1.54, 1.807) is 24.3 Å². The number of benzene rings is 1. The van der Waals surface area contributed by atoms with Gasteiger partial charge in [-0.05, 0) is 6.07 Å². The highest BCUT2D eigenvalue weighted by molar-refractivity contribution is 5.45. The third kappa shape index (κ3) is 3.09. The maximum Gasteiger partial charge on any atom is 0.187 e. The second kappa shape index (κ2) is 6.49. The van der Waals surface area contributed by atoms with Crippen molar-refractivity contribution in [2.45, 2.75) is 37.3 Å². The Morgan fingerprint density at radius 3 is 2.45 bits per heavy atom. The fourth-order valence-electron chi connectivity index (χ4n) is 2.04. The van der Waals surface area contributed by atoms with Crippen molar-refractivity contribution in [3.63, 3.8) is 0 Å². The van der Waals surface area contributed by atoms with Crippen LogP contribution in [0.25, 0.3) is 0 Å². The van der Waals surface area contributed by atoms with Gasteiger partial charge in [0.25, 0.3) is 0 Å². The smallest absolute Gasteiger partial charge is 0.187 e. The van der Waals surface area contributed by atoms with Crippen molar-refractivity contribution in [2.75, 3.05) is 12.3 Å². The van der Waals surface area contributed by atoms with Crippen molar-refractivity contribution < 1.29 is 29.9 Å². The van der Waals surface area contributed by atoms with Crippen LogP contribution in [0.5, 0.6) is 0 Å². The SMILES string of the molecule is Nc1ccccc1CO[C@@H]1O[C@H](CO)[C@H](O)[C@H](O)[C@H]1O. The minimum Gasteiger partial charge on any atom is -0.398 e. The van der Waals surface area contributed by atoms with Gasteiger partial charge >= 0.3 is 0 Å². The van der Waals surface area contributed by atoms with Crippen LogP contribution in [0.1, 0.15) is 5.56 Å². The van der Waals surface area contributed by atoms with Crippen molar-refractivity contribution in [2.24, 2.45) is 0 Å². The van der Waals surface area contributed by atoms with E-state index in [0.29, 0.717) is 11.3 Å². The standard InChI is InChI=1S/C13H19NO6/c14-8-4-2-1-3-7(8)6-19-13-12(18)11(17)10(16)9(5-15)20-13/h1-4,9-13,15-18H,5-6,14H2/t9-,10+,11+,12-,13-/m1/s1. The summed E-state index contributed by atoms with van der Waals surface area (Å²) in [5.74, 6) is 0. The monoisotopic (exact) mass is 285 g/mol. The van der Waals surface area contributed by atoms with Gasteiger partial charge in [0, 0.05) is 11.3 Å². The molecule has 0 saturated carbocycles. The predicted octanol–water partition coefficient (Wildman–Crippen LogP) is -1.41. The van der Waals surface area contributed by atoms with Gasteiger partial charge in [0.1, 0.15) is 24.4 Å². The second-order valence-electron chi connectivity index (χ2n) is 4.71. The molecule has 6 N–H and O–H groups in total. The van der Waals surface area contributed by atoms with Crippen LogP contribution in [0.2, 0.25) is 0 Å². The van der Waals surface area contributed by atoms with Crippen LogP contribution in [0.4, 0.5) is 5.69 Å². The molecule has 2 rings (SSSR count). The third-order valence-corrected chi connectivity index (χ3v) is 3.31. The quantitative estimate of drug-likeness (QED) is 0.430.